The molecule has 0 aliphatic carbocycles. The third kappa shape index (κ3) is 4.77. The number of methoxy groups -OCH3 is 2. The molecule has 37 heavy (non-hydrogen) atoms. The van der Waals surface area contributed by atoms with Crippen LogP contribution in [0.25, 0.3) is 39.1 Å². The molecule has 2 heterocycles. The highest BCUT2D eigenvalue weighted by Crippen LogP contribution is 2.36. The number of rotatable bonds is 7. The van der Waals surface area contributed by atoms with Gasteiger partial charge in [-0.15, -0.1) is 0 Å². The molecule has 5 rings (SSSR count). The van der Waals surface area contributed by atoms with Crippen molar-refractivity contribution >= 4 is 33.8 Å². The van der Waals surface area contributed by atoms with Crippen LogP contribution in [0.3, 0.4) is 0 Å². The summed E-state index contributed by atoms with van der Waals surface area (Å²) < 4.78 is 10.4. The van der Waals surface area contributed by atoms with Gasteiger partial charge in [-0.1, -0.05) is 24.3 Å². The lowest BCUT2D eigenvalue weighted by molar-refractivity contribution is -0.116. The second kappa shape index (κ2) is 9.94. The first kappa shape index (κ1) is 23.7. The van der Waals surface area contributed by atoms with Crippen molar-refractivity contribution in [2.75, 3.05) is 14.2 Å². The number of ether oxygens (including phenoxy) is 2. The van der Waals surface area contributed by atoms with E-state index in [0.29, 0.717) is 28.5 Å². The number of nitrogens with zero attached hydrogens (tertiary/aromatic N) is 1. The molecule has 8 heteroatoms. The molecule has 5 aromatic rings. The maximum atomic E-state index is 12.6. The molecule has 186 valence electrons. The standard InChI is InChI=1S/C29H25N3O5/c1-36-25-13-17(7-10-23(25)33)8-12-27(35)30-16-19-15-21-20-5-3-4-6-22(20)32-29(21)28(31-19)18-9-11-24(34)26(14-18)37-2/h3-15,32-34H,16H2,1-2H3,(H,30,35)/b12-8+. The van der Waals surface area contributed by atoms with Crippen molar-refractivity contribution in [2.45, 2.75) is 6.54 Å². The van der Waals surface area contributed by atoms with Gasteiger partial charge in [-0.2, -0.15) is 0 Å². The van der Waals surface area contributed by atoms with Crippen LogP contribution >= 0.6 is 0 Å². The summed E-state index contributed by atoms with van der Waals surface area (Å²) >= 11 is 0. The number of hydrogen-bond donors (Lipinski definition) is 4. The lowest BCUT2D eigenvalue weighted by Crippen LogP contribution is -2.21. The first-order valence-corrected chi connectivity index (χ1v) is 11.6. The molecule has 0 saturated heterocycles. The average Bonchev–Trinajstić information content (AvgIpc) is 3.30. The molecular weight excluding hydrogens is 470 g/mol. The Bertz CT molecular complexity index is 1660. The zero-order chi connectivity index (χ0) is 25.9. The molecular formula is C29H25N3O5. The SMILES string of the molecule is COc1cc(/C=C/C(=O)NCc2cc3c([nH]c4ccccc43)c(-c3ccc(O)c(OC)c3)n2)ccc1O. The third-order valence-corrected chi connectivity index (χ3v) is 6.08. The Kier molecular flexibility index (Phi) is 6.38. The van der Waals surface area contributed by atoms with E-state index in [1.54, 1.807) is 36.4 Å². The van der Waals surface area contributed by atoms with Crippen molar-refractivity contribution in [3.05, 3.63) is 84.1 Å². The van der Waals surface area contributed by atoms with Crippen LogP contribution < -0.4 is 14.8 Å². The minimum Gasteiger partial charge on any atom is -0.504 e. The Morgan fingerprint density at radius 3 is 2.46 bits per heavy atom. The summed E-state index contributed by atoms with van der Waals surface area (Å²) in [7, 11) is 2.97. The van der Waals surface area contributed by atoms with E-state index in [2.05, 4.69) is 10.3 Å². The summed E-state index contributed by atoms with van der Waals surface area (Å²) in [6.45, 7) is 0.208. The number of hydrogen-bond acceptors (Lipinski definition) is 6. The first-order valence-electron chi connectivity index (χ1n) is 11.6. The van der Waals surface area contributed by atoms with Crippen LogP contribution in [0.15, 0.2) is 72.8 Å². The minimum absolute atomic E-state index is 0.0323. The number of aromatic nitrogens is 2. The molecule has 0 spiro atoms. The fourth-order valence-electron chi connectivity index (χ4n) is 4.23. The fraction of sp³-hybridized carbons (Fsp3) is 0.103. The van der Waals surface area contributed by atoms with Gasteiger partial charge in [-0.3, -0.25) is 4.79 Å². The molecule has 1 amide bonds. The van der Waals surface area contributed by atoms with Gasteiger partial charge >= 0.3 is 0 Å². The summed E-state index contributed by atoms with van der Waals surface area (Å²) in [5.74, 6) is 0.460. The largest absolute Gasteiger partial charge is 0.504 e. The molecule has 0 aliphatic rings. The van der Waals surface area contributed by atoms with Crippen molar-refractivity contribution in [1.82, 2.24) is 15.3 Å². The molecule has 4 N–H and O–H groups in total. The van der Waals surface area contributed by atoms with Gasteiger partial charge in [0.2, 0.25) is 5.91 Å². The lowest BCUT2D eigenvalue weighted by Gasteiger charge is -2.10. The van der Waals surface area contributed by atoms with E-state index >= 15 is 0 Å². The zero-order valence-corrected chi connectivity index (χ0v) is 20.3. The number of aromatic hydroxyl groups is 2. The van der Waals surface area contributed by atoms with Crippen LogP contribution in [-0.4, -0.2) is 40.3 Å². The van der Waals surface area contributed by atoms with Crippen LogP contribution in [0.2, 0.25) is 0 Å². The predicted molar refractivity (Wildman–Crippen MR) is 143 cm³/mol. The number of H-pyrrole nitrogens is 1. The van der Waals surface area contributed by atoms with Crippen LogP contribution in [0.4, 0.5) is 0 Å². The summed E-state index contributed by atoms with van der Waals surface area (Å²) in [6.07, 6.45) is 3.06. The summed E-state index contributed by atoms with van der Waals surface area (Å²) in [6, 6.07) is 19.9. The highest BCUT2D eigenvalue weighted by molar-refractivity contribution is 6.11. The number of benzene rings is 3. The molecule has 0 radical (unpaired) electrons. The Morgan fingerprint density at radius 1 is 0.946 bits per heavy atom. The molecule has 8 nitrogen and oxygen atoms in total. The number of amides is 1. The highest BCUT2D eigenvalue weighted by Gasteiger charge is 2.15. The van der Waals surface area contributed by atoms with Crippen LogP contribution in [0, 0.1) is 0 Å². The third-order valence-electron chi connectivity index (χ3n) is 6.08. The van der Waals surface area contributed by atoms with Crippen molar-refractivity contribution < 1.29 is 24.5 Å². The maximum Gasteiger partial charge on any atom is 0.244 e. The Morgan fingerprint density at radius 2 is 1.68 bits per heavy atom. The second-order valence-corrected chi connectivity index (χ2v) is 8.42. The number of carbonyl (C=O) groups excluding carboxylic acids is 1. The van der Waals surface area contributed by atoms with Gasteiger partial charge in [0.1, 0.15) is 0 Å². The van der Waals surface area contributed by atoms with E-state index in [1.165, 1.54) is 26.4 Å². The van der Waals surface area contributed by atoms with Gasteiger partial charge < -0.3 is 30.0 Å². The van der Waals surface area contributed by atoms with Gasteiger partial charge in [0, 0.05) is 27.9 Å². The molecule has 0 unspecified atom stereocenters. The normalized spacial score (nSPS) is 11.3. The Balaban J connectivity index is 1.46. The number of phenolic OH excluding ortho intramolecular Hbond substituents is 2. The number of phenols is 2. The van der Waals surface area contributed by atoms with E-state index in [-0.39, 0.29) is 24.0 Å². The molecule has 0 bridgehead atoms. The number of carbonyl (C=O) groups is 1. The number of nitrogens with one attached hydrogen (secondary N) is 2. The molecule has 2 aromatic heterocycles. The van der Waals surface area contributed by atoms with E-state index in [1.807, 2.05) is 30.3 Å². The highest BCUT2D eigenvalue weighted by atomic mass is 16.5. The van der Waals surface area contributed by atoms with Crippen molar-refractivity contribution in [2.24, 2.45) is 0 Å². The van der Waals surface area contributed by atoms with E-state index < -0.39 is 0 Å². The molecule has 0 aliphatic heterocycles. The maximum absolute atomic E-state index is 12.6. The van der Waals surface area contributed by atoms with Gasteiger partial charge in [0.05, 0.1) is 37.7 Å². The van der Waals surface area contributed by atoms with Crippen molar-refractivity contribution in [3.8, 4) is 34.3 Å². The molecule has 0 saturated carbocycles. The van der Waals surface area contributed by atoms with Gasteiger partial charge in [-0.05, 0) is 54.1 Å². The summed E-state index contributed by atoms with van der Waals surface area (Å²) in [5, 5.41) is 24.7. The smallest absolute Gasteiger partial charge is 0.244 e. The second-order valence-electron chi connectivity index (χ2n) is 8.42. The molecule has 3 aromatic carbocycles. The number of fused-ring (bicyclic) bond motifs is 3. The number of para-hydroxylation sites is 1. The lowest BCUT2D eigenvalue weighted by atomic mass is 10.1. The predicted octanol–water partition coefficient (Wildman–Crippen LogP) is 5.14. The number of aromatic amines is 1. The minimum atomic E-state index is -0.291. The summed E-state index contributed by atoms with van der Waals surface area (Å²) in [4.78, 5) is 20.8. The quantitative estimate of drug-likeness (QED) is 0.232. The topological polar surface area (TPSA) is 117 Å². The molecule has 0 fully saturated rings. The van der Waals surface area contributed by atoms with Gasteiger partial charge in [-0.25, -0.2) is 4.98 Å². The van der Waals surface area contributed by atoms with E-state index in [4.69, 9.17) is 14.5 Å². The van der Waals surface area contributed by atoms with Gasteiger partial charge in [0.15, 0.2) is 23.0 Å². The first-order chi connectivity index (χ1) is 18.0. The monoisotopic (exact) mass is 495 g/mol. The van der Waals surface area contributed by atoms with E-state index in [0.717, 1.165) is 27.4 Å². The van der Waals surface area contributed by atoms with Gasteiger partial charge in [0.25, 0.3) is 0 Å². The zero-order valence-electron chi connectivity index (χ0n) is 20.3. The Labute approximate surface area is 212 Å². The summed E-state index contributed by atoms with van der Waals surface area (Å²) in [5.41, 5.74) is 4.66. The molecule has 0 atom stereocenters. The van der Waals surface area contributed by atoms with E-state index in [9.17, 15) is 15.0 Å². The average molecular weight is 496 g/mol. The Hall–Kier alpha value is -4.98. The number of pyridine rings is 1. The fourth-order valence-corrected chi connectivity index (χ4v) is 4.23. The van der Waals surface area contributed by atoms with Crippen LogP contribution in [-0.2, 0) is 11.3 Å². The van der Waals surface area contributed by atoms with Crippen molar-refractivity contribution in [3.63, 3.8) is 0 Å². The van der Waals surface area contributed by atoms with Crippen molar-refractivity contribution in [1.29, 1.82) is 0 Å². The van der Waals surface area contributed by atoms with Crippen LogP contribution in [0.1, 0.15) is 11.3 Å². The van der Waals surface area contributed by atoms with Crippen LogP contribution in [0.5, 0.6) is 23.0 Å².